The van der Waals surface area contributed by atoms with Crippen LogP contribution in [0.3, 0.4) is 0 Å². The Kier molecular flexibility index (Phi) is 4.05. The summed E-state index contributed by atoms with van der Waals surface area (Å²) >= 11 is 6.10. The summed E-state index contributed by atoms with van der Waals surface area (Å²) in [5.41, 5.74) is 0.729. The Morgan fingerprint density at radius 2 is 1.92 bits per heavy atom. The lowest BCUT2D eigenvalue weighted by Gasteiger charge is -2.19. The van der Waals surface area contributed by atoms with Crippen LogP contribution in [0, 0.1) is 5.95 Å². The summed E-state index contributed by atoms with van der Waals surface area (Å²) < 4.78 is 20.1. The van der Waals surface area contributed by atoms with Crippen molar-refractivity contribution in [1.82, 2.24) is 9.55 Å². The van der Waals surface area contributed by atoms with Gasteiger partial charge in [-0.15, -0.1) is 0 Å². The molecule has 0 aliphatic heterocycles. The van der Waals surface area contributed by atoms with Crippen molar-refractivity contribution in [2.45, 2.75) is 26.4 Å². The molecule has 0 spiro atoms. The highest BCUT2D eigenvalue weighted by molar-refractivity contribution is 6.33. The number of pyridine rings is 1. The van der Waals surface area contributed by atoms with Crippen LogP contribution in [-0.4, -0.2) is 21.2 Å². The van der Waals surface area contributed by atoms with E-state index in [1.165, 1.54) is 16.8 Å². The van der Waals surface area contributed by atoms with Crippen molar-refractivity contribution in [2.24, 2.45) is 0 Å². The van der Waals surface area contributed by atoms with Gasteiger partial charge in [-0.2, -0.15) is 4.39 Å². The van der Waals surface area contributed by atoms with E-state index in [0.29, 0.717) is 10.6 Å². The van der Waals surface area contributed by atoms with Crippen molar-refractivity contribution in [2.75, 3.05) is 0 Å². The van der Waals surface area contributed by atoms with E-state index < -0.39 is 17.6 Å². The van der Waals surface area contributed by atoms with Crippen LogP contribution in [0.2, 0.25) is 5.02 Å². The topological polar surface area (TPSA) is 44.1 Å². The highest BCUT2D eigenvalue weighted by atomic mass is 35.5. The molecule has 0 aliphatic rings. The van der Waals surface area contributed by atoms with Gasteiger partial charge in [0.25, 0.3) is 0 Å². The quantitative estimate of drug-likeness (QED) is 0.563. The molecule has 2 aromatic heterocycles. The Bertz CT molecular complexity index is 928. The van der Waals surface area contributed by atoms with E-state index in [0.717, 1.165) is 16.3 Å². The summed E-state index contributed by atoms with van der Waals surface area (Å²) in [6.07, 6.45) is 4.20. The van der Waals surface area contributed by atoms with E-state index in [-0.39, 0.29) is 0 Å². The maximum Gasteiger partial charge on any atom is 0.418 e. The predicted molar refractivity (Wildman–Crippen MR) is 91.8 cm³/mol. The van der Waals surface area contributed by atoms with Gasteiger partial charge in [-0.1, -0.05) is 23.7 Å². The van der Waals surface area contributed by atoms with E-state index in [1.54, 1.807) is 12.4 Å². The van der Waals surface area contributed by atoms with Crippen molar-refractivity contribution < 1.29 is 13.9 Å². The first-order chi connectivity index (χ1) is 11.2. The molecule has 0 unspecified atom stereocenters. The zero-order chi connectivity index (χ0) is 17.5. The Balaban J connectivity index is 2.00. The molecular formula is C18H16ClFN2O2. The Morgan fingerprint density at radius 1 is 1.21 bits per heavy atom. The summed E-state index contributed by atoms with van der Waals surface area (Å²) in [4.78, 5) is 15.7. The predicted octanol–water partition coefficient (Wildman–Crippen LogP) is 5.28. The largest absolute Gasteiger partial charge is 0.443 e. The maximum absolute atomic E-state index is 13.4. The van der Waals surface area contributed by atoms with Gasteiger partial charge in [0, 0.05) is 41.0 Å². The molecule has 0 saturated heterocycles. The average Bonchev–Trinajstić information content (AvgIpc) is 2.91. The lowest BCUT2D eigenvalue weighted by molar-refractivity contribution is 0.0538. The van der Waals surface area contributed by atoms with Gasteiger partial charge in [0.15, 0.2) is 0 Å². The number of rotatable bonds is 1. The summed E-state index contributed by atoms with van der Waals surface area (Å²) in [5, 5.41) is 2.06. The SMILES string of the molecule is CC(C)(C)OC(=O)n1cc2ccc(-c3cc(F)ncc3Cl)cc2c1. The van der Waals surface area contributed by atoms with Gasteiger partial charge in [-0.25, -0.2) is 9.78 Å². The molecule has 0 radical (unpaired) electrons. The van der Waals surface area contributed by atoms with E-state index in [2.05, 4.69) is 4.98 Å². The molecule has 1 aromatic carbocycles. The number of benzene rings is 1. The zero-order valence-corrected chi connectivity index (χ0v) is 14.3. The van der Waals surface area contributed by atoms with Crippen LogP contribution in [0.1, 0.15) is 20.8 Å². The molecule has 6 heteroatoms. The number of hydrogen-bond acceptors (Lipinski definition) is 3. The molecule has 3 rings (SSSR count). The summed E-state index contributed by atoms with van der Waals surface area (Å²) in [5.74, 6) is -0.596. The van der Waals surface area contributed by atoms with Crippen LogP contribution in [-0.2, 0) is 4.74 Å². The molecule has 3 aromatic rings. The number of carbonyl (C=O) groups excluding carboxylic acids is 1. The van der Waals surface area contributed by atoms with Gasteiger partial charge < -0.3 is 4.74 Å². The minimum Gasteiger partial charge on any atom is -0.443 e. The summed E-state index contributed by atoms with van der Waals surface area (Å²) in [6.45, 7) is 5.44. The van der Waals surface area contributed by atoms with Crippen LogP contribution in [0.15, 0.2) is 42.9 Å². The number of nitrogens with zero attached hydrogens (tertiary/aromatic N) is 2. The van der Waals surface area contributed by atoms with Crippen LogP contribution in [0.25, 0.3) is 21.9 Å². The van der Waals surface area contributed by atoms with Crippen LogP contribution in [0.4, 0.5) is 9.18 Å². The molecule has 0 N–H and O–H groups in total. The Hall–Kier alpha value is -2.40. The first-order valence-electron chi connectivity index (χ1n) is 7.39. The highest BCUT2D eigenvalue weighted by Crippen LogP contribution is 2.30. The van der Waals surface area contributed by atoms with E-state index in [4.69, 9.17) is 16.3 Å². The summed E-state index contributed by atoms with van der Waals surface area (Å²) in [7, 11) is 0. The highest BCUT2D eigenvalue weighted by Gasteiger charge is 2.18. The lowest BCUT2D eigenvalue weighted by atomic mass is 10.0. The number of hydrogen-bond donors (Lipinski definition) is 0. The fraction of sp³-hybridized carbons (Fsp3) is 0.222. The van der Waals surface area contributed by atoms with Crippen molar-refractivity contribution >= 4 is 28.5 Å². The van der Waals surface area contributed by atoms with Gasteiger partial charge in [0.2, 0.25) is 5.95 Å². The third kappa shape index (κ3) is 3.41. The fourth-order valence-corrected chi connectivity index (χ4v) is 2.58. The molecule has 0 saturated carbocycles. The molecule has 2 heterocycles. The normalized spacial score (nSPS) is 11.7. The van der Waals surface area contributed by atoms with E-state index in [1.807, 2.05) is 39.0 Å². The van der Waals surface area contributed by atoms with Crippen molar-refractivity contribution in [3.63, 3.8) is 0 Å². The number of fused-ring (bicyclic) bond motifs is 1. The first-order valence-corrected chi connectivity index (χ1v) is 7.77. The second-order valence-electron chi connectivity index (χ2n) is 6.48. The molecule has 0 amide bonds. The van der Waals surface area contributed by atoms with Gasteiger partial charge in [0.05, 0.1) is 5.02 Å². The smallest absolute Gasteiger partial charge is 0.418 e. The molecule has 0 atom stereocenters. The van der Waals surface area contributed by atoms with Crippen LogP contribution >= 0.6 is 11.6 Å². The fourth-order valence-electron chi connectivity index (χ4n) is 2.36. The minimum absolute atomic E-state index is 0.363. The molecule has 0 fully saturated rings. The third-order valence-corrected chi connectivity index (χ3v) is 3.68. The molecule has 0 aliphatic carbocycles. The number of ether oxygens (including phenoxy) is 1. The molecule has 124 valence electrons. The van der Waals surface area contributed by atoms with E-state index in [9.17, 15) is 9.18 Å². The summed E-state index contributed by atoms with van der Waals surface area (Å²) in [6, 6.07) is 6.80. The van der Waals surface area contributed by atoms with Gasteiger partial charge in [-0.05, 0) is 32.4 Å². The van der Waals surface area contributed by atoms with Crippen LogP contribution < -0.4 is 0 Å². The monoisotopic (exact) mass is 346 g/mol. The number of halogens is 2. The van der Waals surface area contributed by atoms with Crippen molar-refractivity contribution in [3.8, 4) is 11.1 Å². The second kappa shape index (κ2) is 5.91. The molecular weight excluding hydrogens is 331 g/mol. The number of carbonyl (C=O) groups is 1. The van der Waals surface area contributed by atoms with Crippen LogP contribution in [0.5, 0.6) is 0 Å². The first kappa shape index (κ1) is 16.5. The lowest BCUT2D eigenvalue weighted by Crippen LogP contribution is -2.26. The average molecular weight is 347 g/mol. The Morgan fingerprint density at radius 3 is 2.62 bits per heavy atom. The van der Waals surface area contributed by atoms with E-state index >= 15 is 0 Å². The van der Waals surface area contributed by atoms with Crippen molar-refractivity contribution in [3.05, 3.63) is 53.8 Å². The molecule has 0 bridgehead atoms. The third-order valence-electron chi connectivity index (χ3n) is 3.38. The van der Waals surface area contributed by atoms with Crippen molar-refractivity contribution in [1.29, 1.82) is 0 Å². The molecule has 24 heavy (non-hydrogen) atoms. The van der Waals surface area contributed by atoms with Gasteiger partial charge in [-0.3, -0.25) is 4.57 Å². The molecule has 4 nitrogen and oxygen atoms in total. The van der Waals surface area contributed by atoms with Gasteiger partial charge >= 0.3 is 6.09 Å². The Labute approximate surface area is 143 Å². The standard InChI is InChI=1S/C18H16ClFN2O2/c1-18(2,3)24-17(23)22-9-12-5-4-11(6-13(12)10-22)14-7-16(20)21-8-15(14)19/h4-10H,1-3H3. The maximum atomic E-state index is 13.4. The zero-order valence-electron chi connectivity index (χ0n) is 13.5. The van der Waals surface area contributed by atoms with Gasteiger partial charge in [0.1, 0.15) is 5.60 Å². The number of aromatic nitrogens is 2. The minimum atomic E-state index is -0.596. The second-order valence-corrected chi connectivity index (χ2v) is 6.88.